The van der Waals surface area contributed by atoms with Crippen LogP contribution in [0.5, 0.6) is 0 Å². The van der Waals surface area contributed by atoms with Crippen molar-refractivity contribution in [1.29, 1.82) is 0 Å². The fourth-order valence-electron chi connectivity index (χ4n) is 3.66. The second-order valence-electron chi connectivity index (χ2n) is 8.24. The SMILES string of the molecule is Cc1ccc(C(=O)NC2CCCCC2C(C)(C)C)cc1NS(C)(=O)=O. The normalized spacial score (nSPS) is 21.6. The predicted octanol–water partition coefficient (Wildman–Crippen LogP) is 3.70. The second kappa shape index (κ2) is 7.36. The molecule has 1 saturated carbocycles. The Morgan fingerprint density at radius 3 is 2.40 bits per heavy atom. The number of anilines is 1. The zero-order valence-electron chi connectivity index (χ0n) is 15.8. The number of nitrogens with one attached hydrogen (secondary N) is 2. The molecule has 1 aromatic carbocycles. The molecule has 1 amide bonds. The van der Waals surface area contributed by atoms with Gasteiger partial charge in [0.15, 0.2) is 0 Å². The van der Waals surface area contributed by atoms with E-state index in [1.165, 1.54) is 6.42 Å². The lowest BCUT2D eigenvalue weighted by molar-refractivity contribution is 0.0830. The van der Waals surface area contributed by atoms with E-state index in [1.807, 2.05) is 6.92 Å². The maximum absolute atomic E-state index is 12.7. The molecule has 140 valence electrons. The first-order valence-corrected chi connectivity index (χ1v) is 10.8. The molecule has 0 radical (unpaired) electrons. The number of rotatable bonds is 4. The molecule has 2 atom stereocenters. The molecular formula is C19H30N2O3S. The number of sulfonamides is 1. The molecular weight excluding hydrogens is 336 g/mol. The highest BCUT2D eigenvalue weighted by Gasteiger charge is 2.35. The van der Waals surface area contributed by atoms with Crippen molar-refractivity contribution in [3.8, 4) is 0 Å². The van der Waals surface area contributed by atoms with E-state index in [4.69, 9.17) is 0 Å². The van der Waals surface area contributed by atoms with Crippen LogP contribution >= 0.6 is 0 Å². The average Bonchev–Trinajstić information content (AvgIpc) is 2.47. The van der Waals surface area contributed by atoms with Crippen LogP contribution < -0.4 is 10.0 Å². The van der Waals surface area contributed by atoms with Gasteiger partial charge in [0, 0.05) is 11.6 Å². The van der Waals surface area contributed by atoms with Gasteiger partial charge in [-0.2, -0.15) is 0 Å². The number of carbonyl (C=O) groups is 1. The molecule has 1 aliphatic rings. The Morgan fingerprint density at radius 1 is 1.16 bits per heavy atom. The van der Waals surface area contributed by atoms with Gasteiger partial charge in [0.2, 0.25) is 10.0 Å². The zero-order chi connectivity index (χ0) is 18.8. The van der Waals surface area contributed by atoms with E-state index in [9.17, 15) is 13.2 Å². The fraction of sp³-hybridized carbons (Fsp3) is 0.632. The summed E-state index contributed by atoms with van der Waals surface area (Å²) >= 11 is 0. The van der Waals surface area contributed by atoms with Crippen molar-refractivity contribution in [2.24, 2.45) is 11.3 Å². The van der Waals surface area contributed by atoms with Crippen molar-refractivity contribution < 1.29 is 13.2 Å². The quantitative estimate of drug-likeness (QED) is 0.853. The molecule has 0 aromatic heterocycles. The molecule has 0 heterocycles. The maximum Gasteiger partial charge on any atom is 0.251 e. The molecule has 25 heavy (non-hydrogen) atoms. The summed E-state index contributed by atoms with van der Waals surface area (Å²) in [5.41, 5.74) is 1.86. The summed E-state index contributed by atoms with van der Waals surface area (Å²) in [6.07, 6.45) is 5.57. The third-order valence-corrected chi connectivity index (χ3v) is 5.58. The highest BCUT2D eigenvalue weighted by molar-refractivity contribution is 7.92. The Balaban J connectivity index is 2.18. The smallest absolute Gasteiger partial charge is 0.251 e. The molecule has 2 unspecified atom stereocenters. The van der Waals surface area contributed by atoms with Crippen molar-refractivity contribution in [2.75, 3.05) is 11.0 Å². The number of hydrogen-bond donors (Lipinski definition) is 2. The van der Waals surface area contributed by atoms with Gasteiger partial charge in [-0.05, 0) is 48.8 Å². The largest absolute Gasteiger partial charge is 0.349 e. The maximum atomic E-state index is 12.7. The molecule has 0 bridgehead atoms. The van der Waals surface area contributed by atoms with Gasteiger partial charge in [0.05, 0.1) is 11.9 Å². The number of carbonyl (C=O) groups excluding carboxylic acids is 1. The lowest BCUT2D eigenvalue weighted by Gasteiger charge is -2.40. The van der Waals surface area contributed by atoms with Gasteiger partial charge in [0.25, 0.3) is 5.91 Å². The van der Waals surface area contributed by atoms with Gasteiger partial charge in [0.1, 0.15) is 0 Å². The van der Waals surface area contributed by atoms with Crippen LogP contribution in [0.1, 0.15) is 62.4 Å². The van der Waals surface area contributed by atoms with Crippen molar-refractivity contribution in [3.05, 3.63) is 29.3 Å². The number of benzene rings is 1. The summed E-state index contributed by atoms with van der Waals surface area (Å²) in [7, 11) is -3.38. The van der Waals surface area contributed by atoms with Crippen LogP contribution in [0.25, 0.3) is 0 Å². The standard InChI is InChI=1S/C19H30N2O3S/c1-13-10-11-14(12-17(13)21-25(5,23)24)18(22)20-16-9-7-6-8-15(16)19(2,3)4/h10-12,15-16,21H,6-9H2,1-5H3,(H,20,22). The van der Waals surface area contributed by atoms with E-state index in [0.717, 1.165) is 31.1 Å². The van der Waals surface area contributed by atoms with E-state index in [0.29, 0.717) is 17.2 Å². The highest BCUT2D eigenvalue weighted by atomic mass is 32.2. The summed E-state index contributed by atoms with van der Waals surface area (Å²) in [6.45, 7) is 8.48. The first kappa shape index (κ1) is 19.8. The van der Waals surface area contributed by atoms with Gasteiger partial charge in [-0.15, -0.1) is 0 Å². The Morgan fingerprint density at radius 2 is 1.80 bits per heavy atom. The molecule has 5 nitrogen and oxygen atoms in total. The van der Waals surface area contributed by atoms with Crippen LogP contribution in [0.3, 0.4) is 0 Å². The highest BCUT2D eigenvalue weighted by Crippen LogP contribution is 2.38. The predicted molar refractivity (Wildman–Crippen MR) is 102 cm³/mol. The van der Waals surface area contributed by atoms with Crippen LogP contribution in [0, 0.1) is 18.3 Å². The van der Waals surface area contributed by atoms with Crippen LogP contribution in [0.15, 0.2) is 18.2 Å². The van der Waals surface area contributed by atoms with Gasteiger partial charge >= 0.3 is 0 Å². The number of amides is 1. The van der Waals surface area contributed by atoms with Crippen LogP contribution in [0.2, 0.25) is 0 Å². The second-order valence-corrected chi connectivity index (χ2v) is 9.99. The van der Waals surface area contributed by atoms with Crippen LogP contribution in [-0.4, -0.2) is 26.6 Å². The molecule has 2 N–H and O–H groups in total. The minimum atomic E-state index is -3.38. The van der Waals surface area contributed by atoms with E-state index in [2.05, 4.69) is 30.8 Å². The van der Waals surface area contributed by atoms with Crippen LogP contribution in [-0.2, 0) is 10.0 Å². The number of aryl methyl sites for hydroxylation is 1. The van der Waals surface area contributed by atoms with Crippen LogP contribution in [0.4, 0.5) is 5.69 Å². The zero-order valence-corrected chi connectivity index (χ0v) is 16.7. The summed E-state index contributed by atoms with van der Waals surface area (Å²) in [5, 5.41) is 3.19. The molecule has 1 aromatic rings. The van der Waals surface area contributed by atoms with Gasteiger partial charge < -0.3 is 5.32 Å². The molecule has 1 fully saturated rings. The third kappa shape index (κ3) is 5.46. The molecule has 2 rings (SSSR count). The molecule has 0 saturated heterocycles. The monoisotopic (exact) mass is 366 g/mol. The van der Waals surface area contributed by atoms with Gasteiger partial charge in [-0.25, -0.2) is 8.42 Å². The van der Waals surface area contributed by atoms with Gasteiger partial charge in [-0.1, -0.05) is 39.7 Å². The first-order chi connectivity index (χ1) is 11.5. The minimum absolute atomic E-state index is 0.141. The van der Waals surface area contributed by atoms with Gasteiger partial charge in [-0.3, -0.25) is 9.52 Å². The fourth-order valence-corrected chi connectivity index (χ4v) is 4.28. The summed E-state index contributed by atoms with van der Waals surface area (Å²) in [5.74, 6) is 0.307. The lowest BCUT2D eigenvalue weighted by atomic mass is 9.69. The van der Waals surface area contributed by atoms with E-state index in [1.54, 1.807) is 18.2 Å². The van der Waals surface area contributed by atoms with Crippen molar-refractivity contribution in [1.82, 2.24) is 5.32 Å². The molecule has 1 aliphatic carbocycles. The first-order valence-electron chi connectivity index (χ1n) is 8.87. The topological polar surface area (TPSA) is 75.3 Å². The Kier molecular flexibility index (Phi) is 5.82. The minimum Gasteiger partial charge on any atom is -0.349 e. The molecule has 6 heteroatoms. The Bertz CT molecular complexity index is 736. The van der Waals surface area contributed by atoms with E-state index < -0.39 is 10.0 Å². The molecule has 0 aliphatic heterocycles. The van der Waals surface area contributed by atoms with Crippen molar-refractivity contribution >= 4 is 21.6 Å². The third-order valence-electron chi connectivity index (χ3n) is 4.99. The van der Waals surface area contributed by atoms with E-state index >= 15 is 0 Å². The lowest BCUT2D eigenvalue weighted by Crippen LogP contribution is -2.46. The van der Waals surface area contributed by atoms with E-state index in [-0.39, 0.29) is 17.4 Å². The summed E-state index contributed by atoms with van der Waals surface area (Å²) in [4.78, 5) is 12.7. The summed E-state index contributed by atoms with van der Waals surface area (Å²) in [6, 6.07) is 5.28. The Hall–Kier alpha value is -1.56. The average molecular weight is 367 g/mol. The molecule has 0 spiro atoms. The number of hydrogen-bond acceptors (Lipinski definition) is 3. The summed E-state index contributed by atoms with van der Waals surface area (Å²) < 4.78 is 25.5. The van der Waals surface area contributed by atoms with Crippen molar-refractivity contribution in [2.45, 2.75) is 59.4 Å². The van der Waals surface area contributed by atoms with Crippen molar-refractivity contribution in [3.63, 3.8) is 0 Å². The Labute approximate surface area is 151 Å².